The Hall–Kier alpha value is -3.50. The molecule has 0 radical (unpaired) electrons. The number of ether oxygens (including phenoxy) is 1. The number of halogens is 1. The number of aromatic nitrogens is 2. The summed E-state index contributed by atoms with van der Waals surface area (Å²) < 4.78 is 20.1. The van der Waals surface area contributed by atoms with Crippen molar-refractivity contribution >= 4 is 16.9 Å². The second kappa shape index (κ2) is 7.64. The third-order valence-electron chi connectivity index (χ3n) is 5.26. The lowest BCUT2D eigenvalue weighted by atomic mass is 10.0. The van der Waals surface area contributed by atoms with Crippen LogP contribution in [0.25, 0.3) is 11.0 Å². The van der Waals surface area contributed by atoms with E-state index in [0.717, 1.165) is 10.1 Å². The first kappa shape index (κ1) is 20.8. The largest absolute Gasteiger partial charge is 0.505 e. The van der Waals surface area contributed by atoms with Crippen LogP contribution in [0.3, 0.4) is 0 Å². The fourth-order valence-electron chi connectivity index (χ4n) is 3.63. The summed E-state index contributed by atoms with van der Waals surface area (Å²) in [4.78, 5) is 29.6. The molecule has 1 aliphatic rings. The molecule has 1 amide bonds. The van der Waals surface area contributed by atoms with Crippen molar-refractivity contribution in [2.45, 2.75) is 18.6 Å². The molecule has 0 aliphatic carbocycles. The molecular formula is C21H20FN3O6. The first-order valence-electron chi connectivity index (χ1n) is 9.48. The Labute approximate surface area is 175 Å². The van der Waals surface area contributed by atoms with Gasteiger partial charge in [-0.15, -0.1) is 0 Å². The summed E-state index contributed by atoms with van der Waals surface area (Å²) in [5.41, 5.74) is -1.89. The number of hydrogen-bond donors (Lipinski definition) is 4. The summed E-state index contributed by atoms with van der Waals surface area (Å²) in [6.45, 7) is -1.42. The van der Waals surface area contributed by atoms with E-state index < -0.39 is 35.0 Å². The van der Waals surface area contributed by atoms with Gasteiger partial charge in [0.25, 0.3) is 11.5 Å². The summed E-state index contributed by atoms with van der Waals surface area (Å²) in [6.07, 6.45) is 1.69. The first-order chi connectivity index (χ1) is 14.8. The van der Waals surface area contributed by atoms with E-state index in [2.05, 4.69) is 10.3 Å². The molecule has 3 heterocycles. The number of pyridine rings is 2. The molecule has 31 heavy (non-hydrogen) atoms. The minimum absolute atomic E-state index is 0.0572. The van der Waals surface area contributed by atoms with E-state index >= 15 is 0 Å². The molecule has 1 aliphatic heterocycles. The number of carbonyl (C=O) groups is 1. The molecule has 1 aromatic carbocycles. The van der Waals surface area contributed by atoms with Crippen molar-refractivity contribution < 1.29 is 29.2 Å². The maximum absolute atomic E-state index is 13.3. The lowest BCUT2D eigenvalue weighted by molar-refractivity contribution is -0.0553. The van der Waals surface area contributed by atoms with E-state index in [9.17, 15) is 29.3 Å². The molecule has 4 rings (SSSR count). The van der Waals surface area contributed by atoms with E-state index in [1.54, 1.807) is 12.1 Å². The van der Waals surface area contributed by atoms with Crippen molar-refractivity contribution in [3.05, 3.63) is 63.3 Å². The Balaban J connectivity index is 2.00. The number of hydrogen-bond acceptors (Lipinski definition) is 7. The minimum Gasteiger partial charge on any atom is -0.505 e. The maximum atomic E-state index is 13.3. The van der Waals surface area contributed by atoms with Crippen LogP contribution >= 0.6 is 0 Å². The highest BCUT2D eigenvalue weighted by molar-refractivity contribution is 6.02. The number of carbonyl (C=O) groups excluding carboxylic acids is 1. The molecule has 10 heteroatoms. The van der Waals surface area contributed by atoms with Crippen LogP contribution in [-0.2, 0) is 13.0 Å². The Morgan fingerprint density at radius 2 is 2.06 bits per heavy atom. The molecule has 0 saturated heterocycles. The smallest absolute Gasteiger partial charge is 0.268 e. The third kappa shape index (κ3) is 3.49. The maximum Gasteiger partial charge on any atom is 0.268 e. The van der Waals surface area contributed by atoms with Crippen molar-refractivity contribution in [3.63, 3.8) is 0 Å². The predicted molar refractivity (Wildman–Crippen MR) is 108 cm³/mol. The topological polar surface area (TPSA) is 134 Å². The van der Waals surface area contributed by atoms with Crippen molar-refractivity contribution in [3.8, 4) is 11.5 Å². The van der Waals surface area contributed by atoms with Crippen molar-refractivity contribution in [1.29, 1.82) is 0 Å². The summed E-state index contributed by atoms with van der Waals surface area (Å²) in [5.74, 6) is -1.63. The Morgan fingerprint density at radius 1 is 1.35 bits per heavy atom. The zero-order chi connectivity index (χ0) is 22.3. The predicted octanol–water partition coefficient (Wildman–Crippen LogP) is 0.307. The molecule has 162 valence electrons. The highest BCUT2D eigenvalue weighted by Crippen LogP contribution is 2.37. The summed E-state index contributed by atoms with van der Waals surface area (Å²) >= 11 is 0. The summed E-state index contributed by atoms with van der Waals surface area (Å²) in [7, 11) is 1.31. The number of rotatable bonds is 4. The number of amides is 1. The average Bonchev–Trinajstić information content (AvgIpc) is 2.92. The lowest BCUT2D eigenvalue weighted by Gasteiger charge is -2.24. The molecule has 0 spiro atoms. The molecule has 4 N–H and O–H groups in total. The lowest BCUT2D eigenvalue weighted by Crippen LogP contribution is -2.45. The van der Waals surface area contributed by atoms with Gasteiger partial charge in [0.05, 0.1) is 13.2 Å². The van der Waals surface area contributed by atoms with Crippen LogP contribution in [-0.4, -0.2) is 56.6 Å². The molecule has 9 nitrogen and oxygen atoms in total. The zero-order valence-electron chi connectivity index (χ0n) is 16.6. The van der Waals surface area contributed by atoms with Crippen molar-refractivity contribution in [1.82, 2.24) is 14.9 Å². The quantitative estimate of drug-likeness (QED) is 0.469. The van der Waals surface area contributed by atoms with Crippen LogP contribution < -0.4 is 15.6 Å². The van der Waals surface area contributed by atoms with Gasteiger partial charge in [0.2, 0.25) is 0 Å². The minimum atomic E-state index is -1.81. The van der Waals surface area contributed by atoms with Gasteiger partial charge in [-0.3, -0.25) is 19.1 Å². The fraction of sp³-hybridized carbons (Fsp3) is 0.286. The van der Waals surface area contributed by atoms with Gasteiger partial charge in [0.15, 0.2) is 11.5 Å². The molecule has 0 bridgehead atoms. The second-order valence-electron chi connectivity index (χ2n) is 7.48. The molecule has 2 aromatic heterocycles. The number of aliphatic hydroxyl groups excluding tert-OH is 1. The summed E-state index contributed by atoms with van der Waals surface area (Å²) in [5, 5.41) is 33.3. The van der Waals surface area contributed by atoms with Crippen LogP contribution in [0.5, 0.6) is 11.5 Å². The zero-order valence-corrected chi connectivity index (χ0v) is 16.6. The highest BCUT2D eigenvalue weighted by Gasteiger charge is 2.36. The molecule has 1 atom stereocenters. The monoisotopic (exact) mass is 429 g/mol. The second-order valence-corrected chi connectivity index (χ2v) is 7.48. The Morgan fingerprint density at radius 3 is 2.71 bits per heavy atom. The van der Waals surface area contributed by atoms with E-state index in [-0.39, 0.29) is 42.2 Å². The van der Waals surface area contributed by atoms with Gasteiger partial charge in [-0.25, -0.2) is 4.39 Å². The molecular weight excluding hydrogens is 409 g/mol. The molecule has 0 fully saturated rings. The van der Waals surface area contributed by atoms with Gasteiger partial charge in [-0.05, 0) is 17.7 Å². The Bertz CT molecular complexity index is 1240. The normalized spacial score (nSPS) is 17.8. The number of aromatic hydroxyl groups is 1. The van der Waals surface area contributed by atoms with Gasteiger partial charge < -0.3 is 25.4 Å². The molecule has 0 saturated carbocycles. The first-order valence-corrected chi connectivity index (χ1v) is 9.48. The molecule has 1 unspecified atom stereocenters. The van der Waals surface area contributed by atoms with Gasteiger partial charge in [0.1, 0.15) is 34.6 Å². The van der Waals surface area contributed by atoms with Crippen LogP contribution in [0.15, 0.2) is 35.3 Å². The van der Waals surface area contributed by atoms with Gasteiger partial charge in [-0.2, -0.15) is 0 Å². The number of aliphatic hydroxyl groups is 2. The van der Waals surface area contributed by atoms with E-state index in [4.69, 9.17) is 4.74 Å². The highest BCUT2D eigenvalue weighted by atomic mass is 19.1. The Kier molecular flexibility index (Phi) is 5.11. The standard InChI is InChI=1S/C21H20FN3O6/c1-23-19(28)14-17(27)15-16-18(31-10-21(30,9-26)8-25(16)20(14)29)12(7-24-15)6-11-2-4-13(22)5-3-11/h2-5,7,26-27,30H,6,8-10H2,1H3,(H,23,28). The van der Waals surface area contributed by atoms with E-state index in [1.165, 1.54) is 25.4 Å². The summed E-state index contributed by atoms with van der Waals surface area (Å²) in [6, 6.07) is 5.80. The average molecular weight is 429 g/mol. The number of nitrogens with one attached hydrogen (secondary N) is 1. The van der Waals surface area contributed by atoms with Crippen molar-refractivity contribution in [2.75, 3.05) is 20.3 Å². The van der Waals surface area contributed by atoms with E-state index in [1.807, 2.05) is 0 Å². The van der Waals surface area contributed by atoms with Gasteiger partial charge in [0, 0.05) is 25.2 Å². The fourth-order valence-corrected chi connectivity index (χ4v) is 3.63. The van der Waals surface area contributed by atoms with Crippen LogP contribution in [0, 0.1) is 5.82 Å². The van der Waals surface area contributed by atoms with Gasteiger partial charge >= 0.3 is 0 Å². The third-order valence-corrected chi connectivity index (χ3v) is 5.26. The molecule has 3 aromatic rings. The number of benzene rings is 1. The van der Waals surface area contributed by atoms with Gasteiger partial charge in [-0.1, -0.05) is 12.1 Å². The van der Waals surface area contributed by atoms with Crippen molar-refractivity contribution in [2.24, 2.45) is 0 Å². The van der Waals surface area contributed by atoms with Crippen LogP contribution in [0.1, 0.15) is 21.5 Å². The van der Waals surface area contributed by atoms with Crippen LogP contribution in [0.2, 0.25) is 0 Å². The van der Waals surface area contributed by atoms with Crippen LogP contribution in [0.4, 0.5) is 4.39 Å². The van der Waals surface area contributed by atoms with E-state index in [0.29, 0.717) is 5.56 Å². The number of nitrogens with zero attached hydrogens (tertiary/aromatic N) is 2. The SMILES string of the molecule is CNC(=O)c1c(O)c2ncc(Cc3ccc(F)cc3)c3c2n(c1=O)CC(O)(CO)CO3.